The topological polar surface area (TPSA) is 132 Å². The van der Waals surface area contributed by atoms with Crippen LogP contribution in [0.15, 0.2) is 53.4 Å². The van der Waals surface area contributed by atoms with Gasteiger partial charge in [0.2, 0.25) is 17.7 Å². The SMILES string of the molecule is CC(=O)c1nn(CC(=O)N2C[C@H](F)C[C@H]2C(=O)Nc2cccc(Br)n2)c2ccc(Oc3cnc(C)cn3)cc12. The van der Waals surface area contributed by atoms with Crippen LogP contribution in [0.3, 0.4) is 0 Å². The van der Waals surface area contributed by atoms with Crippen molar-refractivity contribution in [3.05, 3.63) is 64.8 Å². The zero-order valence-electron chi connectivity index (χ0n) is 21.0. The molecule has 5 rings (SSSR count). The van der Waals surface area contributed by atoms with E-state index in [9.17, 15) is 18.8 Å². The average Bonchev–Trinajstić information content (AvgIpc) is 3.46. The Labute approximate surface area is 230 Å². The molecule has 3 aromatic heterocycles. The number of aromatic nitrogens is 5. The summed E-state index contributed by atoms with van der Waals surface area (Å²) in [7, 11) is 0. The molecule has 0 bridgehead atoms. The Bertz CT molecular complexity index is 1580. The average molecular weight is 596 g/mol. The summed E-state index contributed by atoms with van der Waals surface area (Å²) in [4.78, 5) is 52.3. The monoisotopic (exact) mass is 595 g/mol. The van der Waals surface area contributed by atoms with Gasteiger partial charge in [-0.1, -0.05) is 6.07 Å². The summed E-state index contributed by atoms with van der Waals surface area (Å²) in [6.07, 6.45) is 1.57. The van der Waals surface area contributed by atoms with Crippen molar-refractivity contribution in [3.8, 4) is 11.6 Å². The molecule has 2 amide bonds. The number of alkyl halides is 1. The van der Waals surface area contributed by atoms with Gasteiger partial charge in [-0.15, -0.1) is 0 Å². The van der Waals surface area contributed by atoms with E-state index >= 15 is 0 Å². The number of Topliss-reactive ketones (excluding diaryl/α,β-unsaturated/α-hetero) is 1. The molecule has 11 nitrogen and oxygen atoms in total. The van der Waals surface area contributed by atoms with E-state index < -0.39 is 24.0 Å². The molecule has 13 heteroatoms. The number of amides is 2. The Morgan fingerprint density at radius 1 is 1.18 bits per heavy atom. The maximum atomic E-state index is 14.4. The predicted octanol–water partition coefficient (Wildman–Crippen LogP) is 3.86. The highest BCUT2D eigenvalue weighted by atomic mass is 79.9. The summed E-state index contributed by atoms with van der Waals surface area (Å²) >= 11 is 3.24. The van der Waals surface area contributed by atoms with Gasteiger partial charge in [0, 0.05) is 18.7 Å². The zero-order valence-corrected chi connectivity index (χ0v) is 22.6. The van der Waals surface area contributed by atoms with Gasteiger partial charge < -0.3 is 15.0 Å². The van der Waals surface area contributed by atoms with Crippen LogP contribution >= 0.6 is 15.9 Å². The van der Waals surface area contributed by atoms with Crippen molar-refractivity contribution < 1.29 is 23.5 Å². The summed E-state index contributed by atoms with van der Waals surface area (Å²) in [6.45, 7) is 2.66. The third-order valence-corrected chi connectivity index (χ3v) is 6.60. The largest absolute Gasteiger partial charge is 0.437 e. The molecule has 2 atom stereocenters. The molecular weight excluding hydrogens is 573 g/mol. The van der Waals surface area contributed by atoms with E-state index in [1.165, 1.54) is 22.7 Å². The van der Waals surface area contributed by atoms with Crippen molar-refractivity contribution in [1.29, 1.82) is 0 Å². The highest BCUT2D eigenvalue weighted by Gasteiger charge is 2.40. The molecule has 4 heterocycles. The third kappa shape index (κ3) is 5.77. The fourth-order valence-corrected chi connectivity index (χ4v) is 4.72. The lowest BCUT2D eigenvalue weighted by molar-refractivity contribution is -0.137. The van der Waals surface area contributed by atoms with Crippen LogP contribution in [0.4, 0.5) is 10.2 Å². The quantitative estimate of drug-likeness (QED) is 0.251. The van der Waals surface area contributed by atoms with Gasteiger partial charge in [-0.05, 0) is 53.2 Å². The number of hydrogen-bond acceptors (Lipinski definition) is 8. The molecule has 0 radical (unpaired) electrons. The fourth-order valence-electron chi connectivity index (χ4n) is 4.37. The lowest BCUT2D eigenvalue weighted by Gasteiger charge is -2.23. The second kappa shape index (κ2) is 10.8. The van der Waals surface area contributed by atoms with Crippen LogP contribution in [0.5, 0.6) is 11.6 Å². The first kappa shape index (κ1) is 26.4. The fraction of sp³-hybridized carbons (Fsp3) is 0.269. The first-order valence-corrected chi connectivity index (χ1v) is 12.8. The lowest BCUT2D eigenvalue weighted by atomic mass is 10.1. The number of benzene rings is 1. The van der Waals surface area contributed by atoms with Crippen LogP contribution in [-0.4, -0.2) is 66.0 Å². The molecule has 1 fully saturated rings. The highest BCUT2D eigenvalue weighted by Crippen LogP contribution is 2.28. The maximum Gasteiger partial charge on any atom is 0.248 e. The summed E-state index contributed by atoms with van der Waals surface area (Å²) in [6, 6.07) is 8.94. The number of fused-ring (bicyclic) bond motifs is 1. The predicted molar refractivity (Wildman–Crippen MR) is 142 cm³/mol. The van der Waals surface area contributed by atoms with Crippen LogP contribution in [-0.2, 0) is 16.1 Å². The van der Waals surface area contributed by atoms with Gasteiger partial charge in [0.25, 0.3) is 0 Å². The second-order valence-electron chi connectivity index (χ2n) is 9.07. The number of likely N-dealkylation sites (tertiary alicyclic amines) is 1. The number of nitrogens with zero attached hydrogens (tertiary/aromatic N) is 6. The van der Waals surface area contributed by atoms with Crippen LogP contribution in [0.2, 0.25) is 0 Å². The Balaban J connectivity index is 1.37. The molecule has 1 N–H and O–H groups in total. The van der Waals surface area contributed by atoms with Crippen molar-refractivity contribution in [2.75, 3.05) is 11.9 Å². The number of nitrogens with one attached hydrogen (secondary N) is 1. The molecule has 200 valence electrons. The van der Waals surface area contributed by atoms with Crippen LogP contribution in [0, 0.1) is 6.92 Å². The van der Waals surface area contributed by atoms with E-state index in [0.717, 1.165) is 5.69 Å². The van der Waals surface area contributed by atoms with E-state index in [2.05, 4.69) is 41.3 Å². The van der Waals surface area contributed by atoms with E-state index in [1.54, 1.807) is 42.6 Å². The summed E-state index contributed by atoms with van der Waals surface area (Å²) < 4.78 is 22.1. The van der Waals surface area contributed by atoms with Gasteiger partial charge in [0.15, 0.2) is 5.78 Å². The van der Waals surface area contributed by atoms with Crippen molar-refractivity contribution in [2.24, 2.45) is 0 Å². The first-order valence-electron chi connectivity index (χ1n) is 12.0. The van der Waals surface area contributed by atoms with Gasteiger partial charge in [-0.25, -0.2) is 14.4 Å². The lowest BCUT2D eigenvalue weighted by Crippen LogP contribution is -2.44. The van der Waals surface area contributed by atoms with Crippen LogP contribution in [0.1, 0.15) is 29.5 Å². The van der Waals surface area contributed by atoms with E-state index in [-0.39, 0.29) is 42.7 Å². The van der Waals surface area contributed by atoms with Crippen molar-refractivity contribution in [1.82, 2.24) is 29.6 Å². The number of aryl methyl sites for hydroxylation is 1. The number of halogens is 2. The standard InChI is InChI=1S/C26H23BrFN7O4/c1-14-10-30-23(11-29-14)39-17-6-7-19-18(9-17)25(15(2)36)33-35(19)13-24(37)34-12-16(28)8-20(34)26(38)32-22-5-3-4-21(27)31-22/h3-7,9-11,16,20H,8,12-13H2,1-2H3,(H,31,32,38)/t16-,20+/m1/s1. The minimum absolute atomic E-state index is 0.132. The number of hydrogen-bond donors (Lipinski definition) is 1. The van der Waals surface area contributed by atoms with E-state index in [1.807, 2.05) is 6.92 Å². The van der Waals surface area contributed by atoms with Gasteiger partial charge in [-0.2, -0.15) is 5.10 Å². The van der Waals surface area contributed by atoms with Crippen LogP contribution < -0.4 is 10.1 Å². The molecule has 0 aliphatic carbocycles. The first-order chi connectivity index (χ1) is 18.7. The van der Waals surface area contributed by atoms with Gasteiger partial charge in [-0.3, -0.25) is 24.0 Å². The van der Waals surface area contributed by atoms with Gasteiger partial charge >= 0.3 is 0 Å². The number of ketones is 1. The second-order valence-corrected chi connectivity index (χ2v) is 9.88. The van der Waals surface area contributed by atoms with Crippen molar-refractivity contribution in [2.45, 2.75) is 39.0 Å². The van der Waals surface area contributed by atoms with Gasteiger partial charge in [0.05, 0.1) is 30.1 Å². The number of carbonyl (C=O) groups is 3. The van der Waals surface area contributed by atoms with Crippen molar-refractivity contribution >= 4 is 50.2 Å². The highest BCUT2D eigenvalue weighted by molar-refractivity contribution is 9.10. The number of rotatable bonds is 7. The Hall–Kier alpha value is -4.26. The molecule has 0 spiro atoms. The zero-order chi connectivity index (χ0) is 27.7. The minimum Gasteiger partial charge on any atom is -0.437 e. The molecule has 1 aromatic carbocycles. The van der Waals surface area contributed by atoms with Crippen LogP contribution in [0.25, 0.3) is 10.9 Å². The molecule has 39 heavy (non-hydrogen) atoms. The number of pyridine rings is 1. The smallest absolute Gasteiger partial charge is 0.248 e. The molecule has 0 unspecified atom stereocenters. The molecule has 1 aliphatic rings. The molecule has 4 aromatic rings. The van der Waals surface area contributed by atoms with E-state index in [4.69, 9.17) is 4.74 Å². The third-order valence-electron chi connectivity index (χ3n) is 6.16. The van der Waals surface area contributed by atoms with E-state index in [0.29, 0.717) is 21.3 Å². The summed E-state index contributed by atoms with van der Waals surface area (Å²) in [5.41, 5.74) is 1.40. The number of ether oxygens (including phenoxy) is 1. The maximum absolute atomic E-state index is 14.4. The Kier molecular flexibility index (Phi) is 7.33. The number of carbonyl (C=O) groups excluding carboxylic acids is 3. The normalized spacial score (nSPS) is 16.9. The molecular formula is C26H23BrFN7O4. The minimum atomic E-state index is -1.35. The summed E-state index contributed by atoms with van der Waals surface area (Å²) in [5, 5.41) is 7.47. The Morgan fingerprint density at radius 2 is 2.00 bits per heavy atom. The van der Waals surface area contributed by atoms with Gasteiger partial charge in [0.1, 0.15) is 40.6 Å². The molecule has 0 saturated carbocycles. The molecule has 1 aliphatic heterocycles. The Morgan fingerprint density at radius 3 is 2.72 bits per heavy atom. The number of anilines is 1. The van der Waals surface area contributed by atoms with Crippen molar-refractivity contribution in [3.63, 3.8) is 0 Å². The molecule has 1 saturated heterocycles. The summed E-state index contributed by atoms with van der Waals surface area (Å²) in [5.74, 6) is -0.377.